The van der Waals surface area contributed by atoms with Crippen molar-refractivity contribution in [1.29, 1.82) is 0 Å². The van der Waals surface area contributed by atoms with Crippen molar-refractivity contribution < 1.29 is 4.52 Å². The van der Waals surface area contributed by atoms with Crippen LogP contribution < -0.4 is 5.56 Å². The molecule has 1 fully saturated rings. The van der Waals surface area contributed by atoms with Gasteiger partial charge in [-0.15, -0.1) is 0 Å². The Hall–Kier alpha value is -3.10. The van der Waals surface area contributed by atoms with Gasteiger partial charge in [-0.3, -0.25) is 14.7 Å². The lowest BCUT2D eigenvalue weighted by Gasteiger charge is -2.24. The molecule has 5 rings (SSSR count). The van der Waals surface area contributed by atoms with Crippen LogP contribution in [0.5, 0.6) is 0 Å². The van der Waals surface area contributed by atoms with Gasteiger partial charge >= 0.3 is 0 Å². The molecule has 1 aromatic carbocycles. The molecule has 0 amide bonds. The third-order valence-electron chi connectivity index (χ3n) is 6.45. The van der Waals surface area contributed by atoms with Gasteiger partial charge in [0, 0.05) is 54.7 Å². The number of hydrogen-bond donors (Lipinski definition) is 0. The van der Waals surface area contributed by atoms with Crippen molar-refractivity contribution in [3.05, 3.63) is 81.1 Å². The van der Waals surface area contributed by atoms with Gasteiger partial charge in [-0.05, 0) is 43.1 Å². The second-order valence-electron chi connectivity index (χ2n) is 8.70. The van der Waals surface area contributed by atoms with Gasteiger partial charge in [-0.2, -0.15) is 10.1 Å². The summed E-state index contributed by atoms with van der Waals surface area (Å²) in [6, 6.07) is 9.74. The van der Waals surface area contributed by atoms with Crippen LogP contribution in [0.1, 0.15) is 42.7 Å². The lowest BCUT2D eigenvalue weighted by Crippen LogP contribution is -2.38. The Kier molecular flexibility index (Phi) is 6.69. The topological polar surface area (TPSA) is 89.9 Å². The molecule has 176 valence electrons. The Morgan fingerprint density at radius 1 is 1.18 bits per heavy atom. The van der Waals surface area contributed by atoms with Crippen LogP contribution in [-0.4, -0.2) is 48.9 Å². The maximum absolute atomic E-state index is 13.3. The predicted octanol–water partition coefficient (Wildman–Crippen LogP) is 3.69. The Labute approximate surface area is 202 Å². The lowest BCUT2D eigenvalue weighted by atomic mass is 10.1. The zero-order valence-corrected chi connectivity index (χ0v) is 19.9. The normalized spacial score (nSPS) is 16.5. The number of rotatable bonds is 8. The molecule has 3 aromatic heterocycles. The predicted molar refractivity (Wildman–Crippen MR) is 130 cm³/mol. The number of halogens is 1. The van der Waals surface area contributed by atoms with E-state index in [9.17, 15) is 4.79 Å². The molecule has 0 aliphatic carbocycles. The van der Waals surface area contributed by atoms with Crippen LogP contribution in [0, 0.1) is 0 Å². The first-order valence-electron chi connectivity index (χ1n) is 11.7. The molecule has 1 aliphatic rings. The summed E-state index contributed by atoms with van der Waals surface area (Å²) in [4.78, 5) is 24.3. The number of fused-ring (bicyclic) bond motifs is 1. The number of aromatic nitrogens is 5. The second kappa shape index (κ2) is 10.0. The molecule has 0 N–H and O–H groups in total. The monoisotopic (exact) mass is 478 g/mol. The average Bonchev–Trinajstić information content (AvgIpc) is 3.51. The third kappa shape index (κ3) is 4.88. The maximum atomic E-state index is 13.3. The van der Waals surface area contributed by atoms with E-state index < -0.39 is 0 Å². The summed E-state index contributed by atoms with van der Waals surface area (Å²) in [6.07, 6.45) is 7.59. The number of likely N-dealkylation sites (tertiary alicyclic amines) is 1. The third-order valence-corrected chi connectivity index (χ3v) is 6.70. The van der Waals surface area contributed by atoms with Crippen LogP contribution in [0.2, 0.25) is 5.02 Å². The van der Waals surface area contributed by atoms with E-state index in [2.05, 4.69) is 20.0 Å². The SMILES string of the molecule is CCc1noc(CCN2CCC[C@@H]2Cn2nc(Cc3ccc(Cl)cc3)c3cnccc3c2=O)n1. The molecule has 4 heterocycles. The maximum Gasteiger partial charge on any atom is 0.274 e. The fraction of sp³-hybridized carbons (Fsp3) is 0.400. The minimum Gasteiger partial charge on any atom is -0.339 e. The zero-order chi connectivity index (χ0) is 23.5. The highest BCUT2D eigenvalue weighted by Crippen LogP contribution is 2.21. The van der Waals surface area contributed by atoms with E-state index in [-0.39, 0.29) is 11.6 Å². The molecule has 1 aliphatic heterocycles. The van der Waals surface area contributed by atoms with Gasteiger partial charge in [0.05, 0.1) is 17.6 Å². The summed E-state index contributed by atoms with van der Waals surface area (Å²) in [6.45, 7) is 4.37. The first-order chi connectivity index (χ1) is 16.6. The Morgan fingerprint density at radius 2 is 2.03 bits per heavy atom. The van der Waals surface area contributed by atoms with E-state index >= 15 is 0 Å². The molecule has 9 heteroatoms. The van der Waals surface area contributed by atoms with E-state index in [4.69, 9.17) is 21.2 Å². The minimum absolute atomic E-state index is 0.0754. The Bertz CT molecular complexity index is 1330. The molecule has 0 saturated carbocycles. The van der Waals surface area contributed by atoms with Gasteiger partial charge in [0.1, 0.15) is 0 Å². The quantitative estimate of drug-likeness (QED) is 0.381. The molecule has 0 radical (unpaired) electrons. The molecule has 1 atom stereocenters. The summed E-state index contributed by atoms with van der Waals surface area (Å²) in [7, 11) is 0. The fourth-order valence-corrected chi connectivity index (χ4v) is 4.74. The van der Waals surface area contributed by atoms with Crippen molar-refractivity contribution in [2.75, 3.05) is 13.1 Å². The second-order valence-corrected chi connectivity index (χ2v) is 9.13. The standard InChI is InChI=1S/C25H27ClN6O2/c1-2-23-28-24(34-30-23)10-13-31-12-3-4-19(31)16-32-25(33)20-9-11-27-15-21(20)22(29-32)14-17-5-7-18(26)8-6-17/h5-9,11,15,19H,2-4,10,12-14,16H2,1H3/t19-/m1/s1. The van der Waals surface area contributed by atoms with Crippen LogP contribution >= 0.6 is 11.6 Å². The molecule has 4 aromatic rings. The largest absolute Gasteiger partial charge is 0.339 e. The van der Waals surface area contributed by atoms with Crippen LogP contribution in [-0.2, 0) is 25.8 Å². The van der Waals surface area contributed by atoms with E-state index in [0.717, 1.165) is 54.8 Å². The molecule has 34 heavy (non-hydrogen) atoms. The Balaban J connectivity index is 1.38. The van der Waals surface area contributed by atoms with Gasteiger partial charge in [-0.1, -0.05) is 35.8 Å². The van der Waals surface area contributed by atoms with Crippen molar-refractivity contribution in [3.8, 4) is 0 Å². The van der Waals surface area contributed by atoms with Crippen LogP contribution in [0.4, 0.5) is 0 Å². The highest BCUT2D eigenvalue weighted by molar-refractivity contribution is 6.30. The highest BCUT2D eigenvalue weighted by atomic mass is 35.5. The Morgan fingerprint density at radius 3 is 2.82 bits per heavy atom. The van der Waals surface area contributed by atoms with Crippen molar-refractivity contribution in [2.45, 2.75) is 51.6 Å². The van der Waals surface area contributed by atoms with Crippen LogP contribution in [0.15, 0.2) is 52.0 Å². The lowest BCUT2D eigenvalue weighted by molar-refractivity contribution is 0.219. The van der Waals surface area contributed by atoms with Crippen LogP contribution in [0.25, 0.3) is 10.8 Å². The van der Waals surface area contributed by atoms with E-state index in [1.54, 1.807) is 23.1 Å². The molecular formula is C25H27ClN6O2. The number of benzene rings is 1. The first-order valence-corrected chi connectivity index (χ1v) is 12.1. The van der Waals surface area contributed by atoms with Crippen molar-refractivity contribution in [3.63, 3.8) is 0 Å². The first kappa shape index (κ1) is 22.7. The average molecular weight is 479 g/mol. The number of hydrogen-bond acceptors (Lipinski definition) is 7. The molecule has 0 bridgehead atoms. The fourth-order valence-electron chi connectivity index (χ4n) is 4.62. The van der Waals surface area contributed by atoms with Gasteiger partial charge in [0.15, 0.2) is 5.82 Å². The van der Waals surface area contributed by atoms with Gasteiger partial charge in [0.25, 0.3) is 5.56 Å². The smallest absolute Gasteiger partial charge is 0.274 e. The molecule has 0 spiro atoms. The number of pyridine rings is 1. The van der Waals surface area contributed by atoms with Gasteiger partial charge in [-0.25, -0.2) is 4.68 Å². The zero-order valence-electron chi connectivity index (χ0n) is 19.2. The number of nitrogens with zero attached hydrogens (tertiary/aromatic N) is 6. The highest BCUT2D eigenvalue weighted by Gasteiger charge is 2.26. The van der Waals surface area contributed by atoms with Crippen molar-refractivity contribution in [1.82, 2.24) is 29.8 Å². The summed E-state index contributed by atoms with van der Waals surface area (Å²) < 4.78 is 6.98. The molecular weight excluding hydrogens is 452 g/mol. The van der Waals surface area contributed by atoms with Crippen molar-refractivity contribution >= 4 is 22.4 Å². The van der Waals surface area contributed by atoms with E-state index in [1.807, 2.05) is 31.2 Å². The summed E-state index contributed by atoms with van der Waals surface area (Å²) in [5.74, 6) is 1.41. The van der Waals surface area contributed by atoms with Gasteiger partial charge in [0.2, 0.25) is 5.89 Å². The molecule has 8 nitrogen and oxygen atoms in total. The summed E-state index contributed by atoms with van der Waals surface area (Å²) in [5.41, 5.74) is 1.85. The van der Waals surface area contributed by atoms with E-state index in [0.29, 0.717) is 35.7 Å². The summed E-state index contributed by atoms with van der Waals surface area (Å²) >= 11 is 6.05. The molecule has 0 unspecified atom stereocenters. The summed E-state index contributed by atoms with van der Waals surface area (Å²) in [5, 5.41) is 10.9. The van der Waals surface area contributed by atoms with Gasteiger partial charge < -0.3 is 4.52 Å². The molecule has 1 saturated heterocycles. The minimum atomic E-state index is -0.0754. The van der Waals surface area contributed by atoms with Crippen LogP contribution in [0.3, 0.4) is 0 Å². The van der Waals surface area contributed by atoms with E-state index in [1.165, 1.54) is 0 Å². The number of aryl methyl sites for hydroxylation is 1. The van der Waals surface area contributed by atoms with Crippen molar-refractivity contribution in [2.24, 2.45) is 0 Å².